The van der Waals surface area contributed by atoms with Gasteiger partial charge < -0.3 is 15.7 Å². The van der Waals surface area contributed by atoms with E-state index in [-0.39, 0.29) is 12.5 Å². The molecule has 0 aliphatic heterocycles. The van der Waals surface area contributed by atoms with Gasteiger partial charge in [-0.1, -0.05) is 43.7 Å². The van der Waals surface area contributed by atoms with Crippen LogP contribution in [0.5, 0.6) is 0 Å². The summed E-state index contributed by atoms with van der Waals surface area (Å²) >= 11 is 1.56. The third kappa shape index (κ3) is 4.64. The van der Waals surface area contributed by atoms with E-state index in [4.69, 9.17) is 0 Å². The number of fused-ring (bicyclic) bond motifs is 1. The average molecular weight is 398 g/mol. The topological polar surface area (TPSA) is 104 Å². The number of nitrogens with one attached hydrogen (secondary N) is 2. The van der Waals surface area contributed by atoms with Crippen LogP contribution >= 0.6 is 11.3 Å². The maximum atomic E-state index is 12.2. The first-order valence-corrected chi connectivity index (χ1v) is 9.89. The van der Waals surface area contributed by atoms with Gasteiger partial charge in [0.2, 0.25) is 5.91 Å². The molecule has 1 unspecified atom stereocenters. The number of aromatic nitrogens is 2. The molecule has 8 heteroatoms. The van der Waals surface area contributed by atoms with Gasteiger partial charge in [0.1, 0.15) is 22.5 Å². The Hall–Kier alpha value is -3.00. The first kappa shape index (κ1) is 19.8. The summed E-state index contributed by atoms with van der Waals surface area (Å²) in [5.74, 6) is -0.241. The number of nitrogens with zero attached hydrogens (tertiary/aromatic N) is 2. The zero-order valence-corrected chi connectivity index (χ0v) is 16.5. The van der Waals surface area contributed by atoms with Crippen LogP contribution in [0, 0.1) is 6.92 Å². The number of carbonyl (C=O) groups excluding carboxylic acids is 1. The molecular formula is C20H22N4O3S. The first-order chi connectivity index (χ1) is 13.5. The molecule has 0 radical (unpaired) electrons. The molecule has 0 fully saturated rings. The smallest absolute Gasteiger partial charge is 0.326 e. The Balaban J connectivity index is 1.78. The number of rotatable bonds is 8. The fraction of sp³-hybridized carbons (Fsp3) is 0.300. The van der Waals surface area contributed by atoms with Crippen molar-refractivity contribution in [2.75, 3.05) is 11.9 Å². The average Bonchev–Trinajstić information content (AvgIpc) is 3.10. The molecule has 0 aliphatic rings. The zero-order valence-electron chi connectivity index (χ0n) is 15.7. The van der Waals surface area contributed by atoms with Gasteiger partial charge >= 0.3 is 5.97 Å². The SMILES string of the molecule is CCCC(NC(=O)CNc1nc(C)nc2sc(-c3ccccc3)cc12)C(=O)O. The number of thiophene rings is 1. The summed E-state index contributed by atoms with van der Waals surface area (Å²) < 4.78 is 0. The van der Waals surface area contributed by atoms with Crippen LogP contribution in [-0.2, 0) is 9.59 Å². The lowest BCUT2D eigenvalue weighted by molar-refractivity contribution is -0.141. The molecule has 2 heterocycles. The van der Waals surface area contributed by atoms with Gasteiger partial charge in [-0.3, -0.25) is 4.79 Å². The Morgan fingerprint density at radius 1 is 1.21 bits per heavy atom. The molecule has 0 saturated heterocycles. The minimum atomic E-state index is -1.03. The van der Waals surface area contributed by atoms with Gasteiger partial charge in [-0.05, 0) is 25.0 Å². The van der Waals surface area contributed by atoms with E-state index in [9.17, 15) is 14.7 Å². The fourth-order valence-corrected chi connectivity index (χ4v) is 3.95. The van der Waals surface area contributed by atoms with Crippen molar-refractivity contribution < 1.29 is 14.7 Å². The highest BCUT2D eigenvalue weighted by Crippen LogP contribution is 2.35. The molecule has 7 nitrogen and oxygen atoms in total. The molecule has 0 spiro atoms. The molecule has 1 atom stereocenters. The second-order valence-electron chi connectivity index (χ2n) is 6.42. The number of carboxylic acid groups (broad SMARTS) is 1. The number of anilines is 1. The number of carboxylic acids is 1. The summed E-state index contributed by atoms with van der Waals surface area (Å²) in [5.41, 5.74) is 1.09. The van der Waals surface area contributed by atoms with Crippen LogP contribution in [0.4, 0.5) is 5.82 Å². The highest BCUT2D eigenvalue weighted by molar-refractivity contribution is 7.21. The highest BCUT2D eigenvalue weighted by Gasteiger charge is 2.19. The molecule has 3 N–H and O–H groups in total. The molecule has 3 rings (SSSR count). The predicted molar refractivity (Wildman–Crippen MR) is 111 cm³/mol. The molecule has 0 bridgehead atoms. The van der Waals surface area contributed by atoms with Gasteiger partial charge in [0.25, 0.3) is 0 Å². The van der Waals surface area contributed by atoms with Crippen molar-refractivity contribution in [2.45, 2.75) is 32.7 Å². The van der Waals surface area contributed by atoms with Crippen molar-refractivity contribution in [3.63, 3.8) is 0 Å². The van der Waals surface area contributed by atoms with Crippen LogP contribution in [0.2, 0.25) is 0 Å². The van der Waals surface area contributed by atoms with Gasteiger partial charge in [0, 0.05) is 4.88 Å². The number of aliphatic carboxylic acids is 1. The minimum absolute atomic E-state index is 0.0600. The van der Waals surface area contributed by atoms with E-state index >= 15 is 0 Å². The molecule has 146 valence electrons. The van der Waals surface area contributed by atoms with Crippen LogP contribution in [0.1, 0.15) is 25.6 Å². The first-order valence-electron chi connectivity index (χ1n) is 9.07. The zero-order chi connectivity index (χ0) is 20.1. The molecule has 1 amide bonds. The standard InChI is InChI=1S/C20H22N4O3S/c1-3-7-15(20(26)27)24-17(25)11-21-18-14-10-16(13-8-5-4-6-9-13)28-19(14)23-12(2)22-18/h4-6,8-10,15H,3,7,11H2,1-2H3,(H,24,25)(H,26,27)(H,21,22,23). The Kier molecular flexibility index (Phi) is 6.20. The Bertz CT molecular complexity index is 988. The van der Waals surface area contributed by atoms with E-state index in [1.165, 1.54) is 0 Å². The highest BCUT2D eigenvalue weighted by atomic mass is 32.1. The Morgan fingerprint density at radius 2 is 1.96 bits per heavy atom. The van der Waals surface area contributed by atoms with Gasteiger partial charge in [-0.15, -0.1) is 11.3 Å². The summed E-state index contributed by atoms with van der Waals surface area (Å²) in [5, 5.41) is 15.6. The van der Waals surface area contributed by atoms with Gasteiger partial charge in [-0.25, -0.2) is 14.8 Å². The largest absolute Gasteiger partial charge is 0.480 e. The molecule has 2 aromatic heterocycles. The lowest BCUT2D eigenvalue weighted by atomic mass is 10.1. The monoisotopic (exact) mass is 398 g/mol. The van der Waals surface area contributed by atoms with Crippen molar-refractivity contribution in [2.24, 2.45) is 0 Å². The van der Waals surface area contributed by atoms with E-state index < -0.39 is 12.0 Å². The number of hydrogen-bond acceptors (Lipinski definition) is 6. The van der Waals surface area contributed by atoms with Crippen LogP contribution in [-0.4, -0.2) is 39.5 Å². The van der Waals surface area contributed by atoms with Crippen molar-refractivity contribution >= 4 is 39.2 Å². The normalized spacial score (nSPS) is 11.9. The van der Waals surface area contributed by atoms with Crippen LogP contribution in [0.15, 0.2) is 36.4 Å². The second kappa shape index (κ2) is 8.79. The maximum absolute atomic E-state index is 12.2. The molecule has 3 aromatic rings. The Morgan fingerprint density at radius 3 is 2.64 bits per heavy atom. The number of aryl methyl sites for hydroxylation is 1. The number of benzene rings is 1. The fourth-order valence-electron chi connectivity index (χ4n) is 2.86. The van der Waals surface area contributed by atoms with Crippen LogP contribution < -0.4 is 10.6 Å². The van der Waals surface area contributed by atoms with E-state index in [1.54, 1.807) is 18.3 Å². The third-order valence-electron chi connectivity index (χ3n) is 4.19. The van der Waals surface area contributed by atoms with E-state index in [0.29, 0.717) is 24.5 Å². The van der Waals surface area contributed by atoms with Crippen molar-refractivity contribution in [3.05, 3.63) is 42.2 Å². The third-order valence-corrected chi connectivity index (χ3v) is 5.27. The number of carbonyl (C=O) groups is 2. The van der Waals surface area contributed by atoms with Gasteiger partial charge in [0.05, 0.1) is 11.9 Å². The lowest BCUT2D eigenvalue weighted by Crippen LogP contribution is -2.43. The summed E-state index contributed by atoms with van der Waals surface area (Å²) in [6.45, 7) is 3.62. The van der Waals surface area contributed by atoms with Crippen molar-refractivity contribution in [1.29, 1.82) is 0 Å². The number of hydrogen-bond donors (Lipinski definition) is 3. The second-order valence-corrected chi connectivity index (χ2v) is 7.45. The lowest BCUT2D eigenvalue weighted by Gasteiger charge is -2.14. The minimum Gasteiger partial charge on any atom is -0.480 e. The molecule has 1 aromatic carbocycles. The Labute approximate surface area is 166 Å². The van der Waals surface area contributed by atoms with E-state index in [2.05, 4.69) is 20.6 Å². The molecule has 0 aliphatic carbocycles. The molecule has 0 saturated carbocycles. The van der Waals surface area contributed by atoms with E-state index in [0.717, 1.165) is 20.7 Å². The summed E-state index contributed by atoms with van der Waals surface area (Å²) in [7, 11) is 0. The van der Waals surface area contributed by atoms with E-state index in [1.807, 2.05) is 43.3 Å². The van der Waals surface area contributed by atoms with Crippen molar-refractivity contribution in [1.82, 2.24) is 15.3 Å². The van der Waals surface area contributed by atoms with Gasteiger partial charge in [0.15, 0.2) is 0 Å². The quantitative estimate of drug-likeness (QED) is 0.537. The van der Waals surface area contributed by atoms with Crippen molar-refractivity contribution in [3.8, 4) is 10.4 Å². The maximum Gasteiger partial charge on any atom is 0.326 e. The van der Waals surface area contributed by atoms with Crippen LogP contribution in [0.25, 0.3) is 20.7 Å². The van der Waals surface area contributed by atoms with Crippen LogP contribution in [0.3, 0.4) is 0 Å². The number of amides is 1. The summed E-state index contributed by atoms with van der Waals surface area (Å²) in [6, 6.07) is 11.1. The summed E-state index contributed by atoms with van der Waals surface area (Å²) in [4.78, 5) is 34.2. The molecule has 28 heavy (non-hydrogen) atoms. The summed E-state index contributed by atoms with van der Waals surface area (Å²) in [6.07, 6.45) is 1.07. The van der Waals surface area contributed by atoms with Gasteiger partial charge in [-0.2, -0.15) is 0 Å². The molecular weight excluding hydrogens is 376 g/mol. The predicted octanol–water partition coefficient (Wildman–Crippen LogP) is 3.45.